The van der Waals surface area contributed by atoms with Crippen molar-refractivity contribution in [1.29, 1.82) is 0 Å². The molecule has 0 amide bonds. The van der Waals surface area contributed by atoms with Crippen LogP contribution in [0.3, 0.4) is 0 Å². The van der Waals surface area contributed by atoms with Crippen molar-refractivity contribution >= 4 is 17.9 Å². The van der Waals surface area contributed by atoms with E-state index in [2.05, 4.69) is 111 Å². The number of ether oxygens (including phenoxy) is 3. The smallest absolute Gasteiger partial charge is 0.306 e. The van der Waals surface area contributed by atoms with E-state index in [4.69, 9.17) is 14.2 Å². The SMILES string of the molecule is CC/C=C/C/C=C/C/C=C/C/C=C/CCCCCCCCCC(=O)OCC(COCCC(C(=O)[O-])[N+](C)(C)C)OC(=O)CCCCCCCC/C=C/C/C=C/C/C=C/C/C=C/CC. The maximum absolute atomic E-state index is 12.8. The van der Waals surface area contributed by atoms with Gasteiger partial charge in [-0.05, 0) is 89.9 Å². The number of quaternary nitrogens is 1. The molecule has 0 radical (unpaired) electrons. The summed E-state index contributed by atoms with van der Waals surface area (Å²) < 4.78 is 17.2. The Kier molecular flexibility index (Phi) is 42.2. The average molecular weight is 878 g/mol. The van der Waals surface area contributed by atoms with Gasteiger partial charge in [-0.1, -0.05) is 169 Å². The Morgan fingerprint density at radius 2 is 0.841 bits per heavy atom. The van der Waals surface area contributed by atoms with Crippen molar-refractivity contribution in [3.05, 3.63) is 97.2 Å². The third-order valence-corrected chi connectivity index (χ3v) is 10.5. The summed E-state index contributed by atoms with van der Waals surface area (Å²) >= 11 is 0. The topological polar surface area (TPSA) is 102 Å². The minimum Gasteiger partial charge on any atom is -0.544 e. The summed E-state index contributed by atoms with van der Waals surface area (Å²) in [5.41, 5.74) is 0. The molecule has 0 aromatic rings. The van der Waals surface area contributed by atoms with Gasteiger partial charge in [0, 0.05) is 19.3 Å². The van der Waals surface area contributed by atoms with Gasteiger partial charge in [0.25, 0.3) is 0 Å². The summed E-state index contributed by atoms with van der Waals surface area (Å²) in [6.07, 6.45) is 60.0. The van der Waals surface area contributed by atoms with Gasteiger partial charge in [-0.25, -0.2) is 0 Å². The molecule has 0 aromatic heterocycles. The predicted octanol–water partition coefficient (Wildman–Crippen LogP) is 12.9. The van der Waals surface area contributed by atoms with E-state index in [1.807, 2.05) is 0 Å². The van der Waals surface area contributed by atoms with Crippen LogP contribution in [0.15, 0.2) is 97.2 Å². The van der Waals surface area contributed by atoms with Crippen LogP contribution in [0.2, 0.25) is 0 Å². The zero-order chi connectivity index (χ0) is 46.3. The number of hydrogen-bond acceptors (Lipinski definition) is 7. The third kappa shape index (κ3) is 43.3. The normalized spacial score (nSPS) is 13.7. The third-order valence-electron chi connectivity index (χ3n) is 10.5. The lowest BCUT2D eigenvalue weighted by atomic mass is 10.1. The summed E-state index contributed by atoms with van der Waals surface area (Å²) in [4.78, 5) is 37.0. The Labute approximate surface area is 386 Å². The van der Waals surface area contributed by atoms with E-state index in [1.54, 1.807) is 21.1 Å². The van der Waals surface area contributed by atoms with Crippen LogP contribution >= 0.6 is 0 Å². The first-order valence-electron chi connectivity index (χ1n) is 24.8. The zero-order valence-electron chi connectivity index (χ0n) is 40.7. The van der Waals surface area contributed by atoms with Crippen molar-refractivity contribution in [3.63, 3.8) is 0 Å². The number of carbonyl (C=O) groups excluding carboxylic acids is 3. The number of unbranched alkanes of at least 4 members (excludes halogenated alkanes) is 13. The number of aliphatic carboxylic acids is 1. The first kappa shape index (κ1) is 59.2. The molecule has 63 heavy (non-hydrogen) atoms. The van der Waals surface area contributed by atoms with Gasteiger partial charge in [0.2, 0.25) is 0 Å². The van der Waals surface area contributed by atoms with Crippen LogP contribution in [0.25, 0.3) is 0 Å². The van der Waals surface area contributed by atoms with Crippen LogP contribution in [0.1, 0.15) is 181 Å². The first-order chi connectivity index (χ1) is 30.6. The molecule has 8 nitrogen and oxygen atoms in total. The van der Waals surface area contributed by atoms with Gasteiger partial charge in [0.1, 0.15) is 12.6 Å². The lowest BCUT2D eigenvalue weighted by Crippen LogP contribution is -2.55. The summed E-state index contributed by atoms with van der Waals surface area (Å²) in [5.74, 6) is -1.78. The largest absolute Gasteiger partial charge is 0.544 e. The van der Waals surface area contributed by atoms with E-state index < -0.39 is 18.1 Å². The number of rotatable bonds is 43. The van der Waals surface area contributed by atoms with Crippen LogP contribution < -0.4 is 5.11 Å². The molecular weight excluding hydrogens is 787 g/mol. The summed E-state index contributed by atoms with van der Waals surface area (Å²) in [5, 5.41) is 11.7. The van der Waals surface area contributed by atoms with Crippen LogP contribution in [0.5, 0.6) is 0 Å². The van der Waals surface area contributed by atoms with Gasteiger partial charge < -0.3 is 28.6 Å². The molecule has 0 heterocycles. The summed E-state index contributed by atoms with van der Waals surface area (Å²) in [7, 11) is 5.40. The highest BCUT2D eigenvalue weighted by Crippen LogP contribution is 2.14. The molecule has 0 spiro atoms. The van der Waals surface area contributed by atoms with Crippen LogP contribution in [-0.2, 0) is 28.6 Å². The molecule has 0 saturated heterocycles. The van der Waals surface area contributed by atoms with Gasteiger partial charge in [-0.15, -0.1) is 0 Å². The molecule has 0 saturated carbocycles. The molecule has 0 fully saturated rings. The maximum atomic E-state index is 12.8. The van der Waals surface area contributed by atoms with Crippen molar-refractivity contribution < 1.29 is 38.2 Å². The van der Waals surface area contributed by atoms with Crippen molar-refractivity contribution in [2.45, 2.75) is 193 Å². The quantitative estimate of drug-likeness (QED) is 0.0260. The molecule has 358 valence electrons. The molecule has 0 aliphatic heterocycles. The molecule has 8 heteroatoms. The van der Waals surface area contributed by atoms with Crippen molar-refractivity contribution in [2.24, 2.45) is 0 Å². The number of esters is 2. The highest BCUT2D eigenvalue weighted by atomic mass is 16.6. The van der Waals surface area contributed by atoms with E-state index in [-0.39, 0.29) is 42.7 Å². The fourth-order valence-corrected chi connectivity index (χ4v) is 6.70. The Morgan fingerprint density at radius 3 is 1.24 bits per heavy atom. The molecule has 0 bridgehead atoms. The lowest BCUT2D eigenvalue weighted by Gasteiger charge is -2.34. The first-order valence-corrected chi connectivity index (χ1v) is 24.8. The Bertz CT molecular complexity index is 1350. The van der Waals surface area contributed by atoms with Gasteiger partial charge in [-0.3, -0.25) is 9.59 Å². The van der Waals surface area contributed by atoms with E-state index in [0.29, 0.717) is 12.8 Å². The second kappa shape index (κ2) is 44.8. The molecule has 2 unspecified atom stereocenters. The Hall–Kier alpha value is -3.75. The summed E-state index contributed by atoms with van der Waals surface area (Å²) in [6.45, 7) is 4.40. The molecule has 0 aliphatic carbocycles. The second-order valence-electron chi connectivity index (χ2n) is 17.3. The van der Waals surface area contributed by atoms with Crippen LogP contribution in [-0.4, -0.2) is 75.5 Å². The number of carbonyl (C=O) groups is 3. The molecule has 0 aromatic carbocycles. The van der Waals surface area contributed by atoms with Gasteiger partial charge in [-0.2, -0.15) is 0 Å². The van der Waals surface area contributed by atoms with Crippen LogP contribution in [0.4, 0.5) is 0 Å². The molecule has 2 atom stereocenters. The second-order valence-corrected chi connectivity index (χ2v) is 17.3. The highest BCUT2D eigenvalue weighted by molar-refractivity contribution is 5.70. The number of carboxylic acids is 1. The maximum Gasteiger partial charge on any atom is 0.306 e. The van der Waals surface area contributed by atoms with E-state index >= 15 is 0 Å². The number of hydrogen-bond donors (Lipinski definition) is 0. The Balaban J connectivity index is 4.34. The average Bonchev–Trinajstić information content (AvgIpc) is 3.24. The standard InChI is InChI=1S/C55H91NO7/c1-6-8-10-12-14-16-18-20-22-24-26-28-29-31-33-35-37-39-41-43-45-53(57)62-50-51(49-61-48-47-52(55(59)60)56(3,4)5)63-54(58)46-44-42-40-38-36-34-32-30-27-25-23-21-19-17-15-13-11-9-7-2/h8-11,14-17,20-23,26-28,30,51-52H,6-7,12-13,18-19,24-25,29,31-50H2,1-5H3/b10-8+,11-9+,16-14+,17-15+,22-20+,23-21+,28-26+,30-27+. The fourth-order valence-electron chi connectivity index (χ4n) is 6.70. The molecule has 0 rings (SSSR count). The minimum atomic E-state index is -1.13. The molecule has 0 aliphatic rings. The lowest BCUT2D eigenvalue weighted by molar-refractivity contribution is -0.889. The van der Waals surface area contributed by atoms with Gasteiger partial charge in [0.05, 0.1) is 40.3 Å². The highest BCUT2D eigenvalue weighted by Gasteiger charge is 2.25. The number of allylic oxidation sites excluding steroid dienone is 16. The van der Waals surface area contributed by atoms with Gasteiger partial charge >= 0.3 is 11.9 Å². The number of carboxylic acid groups (broad SMARTS) is 1. The minimum absolute atomic E-state index is 0.0253. The fraction of sp³-hybridized carbons (Fsp3) is 0.655. The number of nitrogens with zero attached hydrogens (tertiary/aromatic N) is 1. The molecular formula is C55H91NO7. The van der Waals surface area contributed by atoms with Crippen molar-refractivity contribution in [1.82, 2.24) is 0 Å². The summed E-state index contributed by atoms with van der Waals surface area (Å²) in [6, 6.07) is -0.736. The van der Waals surface area contributed by atoms with Gasteiger partial charge in [0.15, 0.2) is 6.10 Å². The molecule has 0 N–H and O–H groups in total. The predicted molar refractivity (Wildman–Crippen MR) is 263 cm³/mol. The zero-order valence-corrected chi connectivity index (χ0v) is 40.7. The van der Waals surface area contributed by atoms with Crippen LogP contribution in [0, 0.1) is 0 Å². The van der Waals surface area contributed by atoms with E-state index in [9.17, 15) is 19.5 Å². The Morgan fingerprint density at radius 1 is 0.476 bits per heavy atom. The van der Waals surface area contributed by atoms with Crippen molar-refractivity contribution in [2.75, 3.05) is 41.0 Å². The van der Waals surface area contributed by atoms with E-state index in [1.165, 1.54) is 32.1 Å². The monoisotopic (exact) mass is 878 g/mol. The van der Waals surface area contributed by atoms with E-state index in [0.717, 1.165) is 116 Å². The van der Waals surface area contributed by atoms with Crippen molar-refractivity contribution in [3.8, 4) is 0 Å². The number of likely N-dealkylation sites (N-methyl/N-ethyl adjacent to an activating group) is 1.